The number of hydrogen-bond acceptors (Lipinski definition) is 3. The average Bonchev–Trinajstić information content (AvgIpc) is 2.65. The molecule has 0 heterocycles. The molecule has 0 unspecified atom stereocenters. The van der Waals surface area contributed by atoms with E-state index in [-0.39, 0.29) is 13.0 Å². The van der Waals surface area contributed by atoms with Crippen molar-refractivity contribution < 1.29 is 19.4 Å². The summed E-state index contributed by atoms with van der Waals surface area (Å²) in [5.74, 6) is -1.49. The highest BCUT2D eigenvalue weighted by atomic mass is 16.5. The lowest BCUT2D eigenvalue weighted by Gasteiger charge is -2.18. The predicted molar refractivity (Wildman–Crippen MR) is 101 cm³/mol. The van der Waals surface area contributed by atoms with Gasteiger partial charge in [-0.2, -0.15) is 0 Å². The molecular weight excluding hydrogens is 330 g/mol. The zero-order valence-corrected chi connectivity index (χ0v) is 14.6. The summed E-state index contributed by atoms with van der Waals surface area (Å²) in [6.07, 6.45) is 0.203. The average molecular weight is 351 g/mol. The zero-order valence-electron chi connectivity index (χ0n) is 14.6. The summed E-state index contributed by atoms with van der Waals surface area (Å²) in [5, 5.41) is 16.3. The molecule has 3 aromatic rings. The Hall–Kier alpha value is -2.92. The maximum atomic E-state index is 11.9. The molecule has 26 heavy (non-hydrogen) atoms. The number of amides is 1. The fourth-order valence-corrected chi connectivity index (χ4v) is 3.16. The van der Waals surface area contributed by atoms with Gasteiger partial charge < -0.3 is 15.2 Å². The van der Waals surface area contributed by atoms with E-state index in [4.69, 9.17) is 4.74 Å². The van der Waals surface area contributed by atoms with Crippen molar-refractivity contribution in [1.82, 2.24) is 5.32 Å². The summed E-state index contributed by atoms with van der Waals surface area (Å²) >= 11 is 0. The van der Waals surface area contributed by atoms with E-state index in [1.807, 2.05) is 48.5 Å². The molecule has 0 fully saturated rings. The first-order valence-corrected chi connectivity index (χ1v) is 8.59. The van der Waals surface area contributed by atoms with Crippen molar-refractivity contribution in [1.29, 1.82) is 0 Å². The number of fused-ring (bicyclic) bond motifs is 2. The van der Waals surface area contributed by atoms with Crippen molar-refractivity contribution >= 4 is 33.4 Å². The fraction of sp³-hybridized carbons (Fsp3) is 0.238. The molecule has 134 valence electrons. The lowest BCUT2D eigenvalue weighted by Crippen LogP contribution is -2.44. The molecular formula is C21H21NO4. The molecule has 0 saturated heterocycles. The van der Waals surface area contributed by atoms with Crippen LogP contribution in [0.25, 0.3) is 21.5 Å². The first-order chi connectivity index (χ1) is 12.6. The van der Waals surface area contributed by atoms with Crippen LogP contribution in [-0.2, 0) is 20.7 Å². The lowest BCUT2D eigenvalue weighted by atomic mass is 9.92. The second kappa shape index (κ2) is 7.97. The molecule has 0 aliphatic rings. The van der Waals surface area contributed by atoms with E-state index in [1.165, 1.54) is 0 Å². The summed E-state index contributed by atoms with van der Waals surface area (Å²) in [5.41, 5.74) is 0.919. The third-order valence-corrected chi connectivity index (χ3v) is 4.36. The van der Waals surface area contributed by atoms with Gasteiger partial charge in [-0.15, -0.1) is 0 Å². The van der Waals surface area contributed by atoms with Gasteiger partial charge in [-0.1, -0.05) is 48.5 Å². The first kappa shape index (κ1) is 17.9. The monoisotopic (exact) mass is 351 g/mol. The molecule has 3 aromatic carbocycles. The number of aliphatic carboxylic acids is 1. The van der Waals surface area contributed by atoms with E-state index < -0.39 is 17.9 Å². The molecule has 2 N–H and O–H groups in total. The summed E-state index contributed by atoms with van der Waals surface area (Å²) in [6.45, 7) is 2.04. The van der Waals surface area contributed by atoms with E-state index in [2.05, 4.69) is 11.4 Å². The standard InChI is InChI=1S/C21H21NO4/c1-2-26-13-20(23)22-19(21(24)25)12-18-16-9-5-3-7-14(16)11-15-8-4-6-10-17(15)18/h3-11,19H,2,12-13H2,1H3,(H,22,23)(H,24,25)/t19-/m1/s1. The number of carbonyl (C=O) groups excluding carboxylic acids is 1. The topological polar surface area (TPSA) is 75.6 Å². The Morgan fingerprint density at radius 1 is 1.04 bits per heavy atom. The maximum Gasteiger partial charge on any atom is 0.326 e. The van der Waals surface area contributed by atoms with E-state index in [0.717, 1.165) is 27.1 Å². The Kier molecular flexibility index (Phi) is 5.49. The summed E-state index contributed by atoms with van der Waals surface area (Å²) in [4.78, 5) is 23.7. The molecule has 5 heteroatoms. The number of rotatable bonds is 7. The van der Waals surface area contributed by atoms with Gasteiger partial charge in [0.05, 0.1) is 0 Å². The number of benzene rings is 3. The van der Waals surface area contributed by atoms with Crippen LogP contribution in [0.3, 0.4) is 0 Å². The summed E-state index contributed by atoms with van der Waals surface area (Å²) < 4.78 is 5.06. The van der Waals surface area contributed by atoms with Gasteiger partial charge in [0.25, 0.3) is 0 Å². The van der Waals surface area contributed by atoms with Gasteiger partial charge in [-0.3, -0.25) is 4.79 Å². The quantitative estimate of drug-likeness (QED) is 0.641. The molecule has 3 rings (SSSR count). The van der Waals surface area contributed by atoms with Crippen LogP contribution >= 0.6 is 0 Å². The molecule has 1 atom stereocenters. The Morgan fingerprint density at radius 2 is 1.62 bits per heavy atom. The molecule has 0 bridgehead atoms. The highest BCUT2D eigenvalue weighted by Crippen LogP contribution is 2.29. The molecule has 0 spiro atoms. The molecule has 0 aliphatic heterocycles. The lowest BCUT2D eigenvalue weighted by molar-refractivity contribution is -0.142. The summed E-state index contributed by atoms with van der Waals surface area (Å²) in [6, 6.07) is 16.8. The van der Waals surface area contributed by atoms with Gasteiger partial charge in [-0.25, -0.2) is 4.79 Å². The molecule has 0 aliphatic carbocycles. The van der Waals surface area contributed by atoms with Crippen molar-refractivity contribution in [2.45, 2.75) is 19.4 Å². The highest BCUT2D eigenvalue weighted by molar-refractivity contribution is 6.02. The molecule has 0 saturated carbocycles. The fourth-order valence-electron chi connectivity index (χ4n) is 3.16. The van der Waals surface area contributed by atoms with Gasteiger partial charge in [0, 0.05) is 13.0 Å². The minimum Gasteiger partial charge on any atom is -0.480 e. The van der Waals surface area contributed by atoms with Crippen molar-refractivity contribution in [3.63, 3.8) is 0 Å². The smallest absolute Gasteiger partial charge is 0.326 e. The second-order valence-electron chi connectivity index (χ2n) is 6.10. The van der Waals surface area contributed by atoms with Crippen LogP contribution in [-0.4, -0.2) is 36.2 Å². The highest BCUT2D eigenvalue weighted by Gasteiger charge is 2.22. The number of hydrogen-bond donors (Lipinski definition) is 2. The Balaban J connectivity index is 2.01. The van der Waals surface area contributed by atoms with E-state index in [1.54, 1.807) is 6.92 Å². The number of carbonyl (C=O) groups is 2. The molecule has 1 amide bonds. The van der Waals surface area contributed by atoms with Crippen LogP contribution in [0.1, 0.15) is 12.5 Å². The van der Waals surface area contributed by atoms with Gasteiger partial charge in [-0.05, 0) is 40.1 Å². The Labute approximate surface area is 151 Å². The molecule has 0 radical (unpaired) electrons. The summed E-state index contributed by atoms with van der Waals surface area (Å²) in [7, 11) is 0. The molecule has 5 nitrogen and oxygen atoms in total. The van der Waals surface area contributed by atoms with E-state index in [0.29, 0.717) is 6.61 Å². The minimum atomic E-state index is -1.06. The largest absolute Gasteiger partial charge is 0.480 e. The number of carboxylic acid groups (broad SMARTS) is 1. The maximum absolute atomic E-state index is 11.9. The number of ether oxygens (including phenoxy) is 1. The van der Waals surface area contributed by atoms with Crippen molar-refractivity contribution in [2.75, 3.05) is 13.2 Å². The van der Waals surface area contributed by atoms with Crippen molar-refractivity contribution in [3.05, 3.63) is 60.2 Å². The van der Waals surface area contributed by atoms with Crippen LogP contribution in [0.4, 0.5) is 0 Å². The predicted octanol–water partition coefficient (Wildman–Crippen LogP) is 3.14. The van der Waals surface area contributed by atoms with Crippen molar-refractivity contribution in [2.24, 2.45) is 0 Å². The number of carboxylic acids is 1. The number of nitrogens with one attached hydrogen (secondary N) is 1. The second-order valence-corrected chi connectivity index (χ2v) is 6.10. The Morgan fingerprint density at radius 3 is 2.15 bits per heavy atom. The van der Waals surface area contributed by atoms with Crippen LogP contribution in [0.5, 0.6) is 0 Å². The van der Waals surface area contributed by atoms with E-state index >= 15 is 0 Å². The zero-order chi connectivity index (χ0) is 18.5. The Bertz CT molecular complexity index is 897. The van der Waals surface area contributed by atoms with Crippen LogP contribution in [0, 0.1) is 0 Å². The van der Waals surface area contributed by atoms with Crippen LogP contribution in [0.15, 0.2) is 54.6 Å². The SMILES string of the molecule is CCOCC(=O)N[C@H](Cc1c2ccccc2cc2ccccc12)C(=O)O. The molecule has 0 aromatic heterocycles. The normalized spacial score (nSPS) is 12.2. The van der Waals surface area contributed by atoms with Crippen molar-refractivity contribution in [3.8, 4) is 0 Å². The van der Waals surface area contributed by atoms with Gasteiger partial charge in [0.1, 0.15) is 12.6 Å². The van der Waals surface area contributed by atoms with Gasteiger partial charge in [0.15, 0.2) is 0 Å². The third kappa shape index (κ3) is 3.83. The van der Waals surface area contributed by atoms with Gasteiger partial charge in [0.2, 0.25) is 5.91 Å². The minimum absolute atomic E-state index is 0.142. The third-order valence-electron chi connectivity index (χ3n) is 4.36. The van der Waals surface area contributed by atoms with Crippen LogP contribution < -0.4 is 5.32 Å². The van der Waals surface area contributed by atoms with Gasteiger partial charge >= 0.3 is 5.97 Å². The first-order valence-electron chi connectivity index (χ1n) is 8.59. The van der Waals surface area contributed by atoms with Crippen LogP contribution in [0.2, 0.25) is 0 Å². The van der Waals surface area contributed by atoms with E-state index in [9.17, 15) is 14.7 Å².